The third-order valence-corrected chi connectivity index (χ3v) is 1.73. The van der Waals surface area contributed by atoms with E-state index in [-0.39, 0.29) is 5.82 Å². The van der Waals surface area contributed by atoms with Gasteiger partial charge in [0, 0.05) is 6.54 Å². The summed E-state index contributed by atoms with van der Waals surface area (Å²) in [5.41, 5.74) is 5.73. The number of aliphatic hydroxyl groups is 1. The van der Waals surface area contributed by atoms with Crippen molar-refractivity contribution in [3.63, 3.8) is 0 Å². The van der Waals surface area contributed by atoms with Crippen LogP contribution >= 0.6 is 0 Å². The van der Waals surface area contributed by atoms with Crippen LogP contribution in [0.5, 0.6) is 0 Å². The molecule has 0 saturated heterocycles. The number of halogens is 1. The van der Waals surface area contributed by atoms with Gasteiger partial charge in [-0.15, -0.1) is 0 Å². The minimum absolute atomic E-state index is 0.320. The highest BCUT2D eigenvalue weighted by Crippen LogP contribution is 2.19. The van der Waals surface area contributed by atoms with Gasteiger partial charge in [0.2, 0.25) is 0 Å². The number of hydrogen-bond acceptors (Lipinski definition) is 3. The zero-order valence-corrected chi connectivity index (χ0v) is 8.34. The predicted octanol–water partition coefficient (Wildman–Crippen LogP) is 1.59. The van der Waals surface area contributed by atoms with Gasteiger partial charge in [0.15, 0.2) is 0 Å². The molecule has 4 N–H and O–H groups in total. The third-order valence-electron chi connectivity index (χ3n) is 1.73. The highest BCUT2D eigenvalue weighted by atomic mass is 19.1. The van der Waals surface area contributed by atoms with Gasteiger partial charge in [-0.2, -0.15) is 0 Å². The van der Waals surface area contributed by atoms with Crippen LogP contribution in [0.3, 0.4) is 0 Å². The topological polar surface area (TPSA) is 58.3 Å². The van der Waals surface area contributed by atoms with Crippen LogP contribution in [0, 0.1) is 5.82 Å². The highest BCUT2D eigenvalue weighted by molar-refractivity contribution is 5.65. The third kappa shape index (κ3) is 3.22. The van der Waals surface area contributed by atoms with E-state index in [2.05, 4.69) is 5.32 Å². The standard InChI is InChI=1S/C10H15FN2O/c1-10(2,14)6-13-9-5-7(11)3-4-8(9)12/h3-5,13-14H,6,12H2,1-2H3. The number of nitrogens with two attached hydrogens (primary N) is 1. The molecule has 0 saturated carbocycles. The Bertz CT molecular complexity index is 320. The van der Waals surface area contributed by atoms with Gasteiger partial charge in [-0.05, 0) is 32.0 Å². The SMILES string of the molecule is CC(C)(O)CNc1cc(F)ccc1N. The van der Waals surface area contributed by atoms with Crippen molar-refractivity contribution in [1.29, 1.82) is 0 Å². The maximum atomic E-state index is 12.8. The Morgan fingerprint density at radius 2 is 2.14 bits per heavy atom. The summed E-state index contributed by atoms with van der Waals surface area (Å²) in [5, 5.41) is 12.3. The molecule has 1 aromatic rings. The monoisotopic (exact) mass is 198 g/mol. The number of nitrogens with one attached hydrogen (secondary N) is 1. The molecule has 0 spiro atoms. The zero-order valence-electron chi connectivity index (χ0n) is 8.34. The fourth-order valence-electron chi connectivity index (χ4n) is 0.993. The Morgan fingerprint density at radius 1 is 1.50 bits per heavy atom. The molecule has 0 bridgehead atoms. The summed E-state index contributed by atoms with van der Waals surface area (Å²) < 4.78 is 12.8. The Labute approximate surface area is 82.7 Å². The number of benzene rings is 1. The van der Waals surface area contributed by atoms with E-state index in [1.54, 1.807) is 13.8 Å². The van der Waals surface area contributed by atoms with E-state index in [4.69, 9.17) is 5.73 Å². The molecule has 0 aliphatic heterocycles. The maximum Gasteiger partial charge on any atom is 0.125 e. The van der Waals surface area contributed by atoms with Crippen molar-refractivity contribution in [1.82, 2.24) is 0 Å². The first-order valence-electron chi connectivity index (χ1n) is 4.40. The van der Waals surface area contributed by atoms with Gasteiger partial charge < -0.3 is 16.2 Å². The van der Waals surface area contributed by atoms with Crippen molar-refractivity contribution in [3.8, 4) is 0 Å². The molecule has 0 fully saturated rings. The van der Waals surface area contributed by atoms with E-state index >= 15 is 0 Å². The van der Waals surface area contributed by atoms with E-state index in [9.17, 15) is 9.50 Å². The van der Waals surface area contributed by atoms with Crippen molar-refractivity contribution < 1.29 is 9.50 Å². The molecule has 14 heavy (non-hydrogen) atoms. The van der Waals surface area contributed by atoms with E-state index in [1.165, 1.54) is 18.2 Å². The van der Waals surface area contributed by atoms with Gasteiger partial charge >= 0.3 is 0 Å². The van der Waals surface area contributed by atoms with E-state index in [0.717, 1.165) is 0 Å². The molecule has 1 rings (SSSR count). The van der Waals surface area contributed by atoms with Gasteiger partial charge in [-0.1, -0.05) is 0 Å². The van der Waals surface area contributed by atoms with Gasteiger partial charge in [0.1, 0.15) is 5.82 Å². The highest BCUT2D eigenvalue weighted by Gasteiger charge is 2.12. The average Bonchev–Trinajstić information content (AvgIpc) is 2.05. The lowest BCUT2D eigenvalue weighted by Crippen LogP contribution is -2.29. The molecule has 3 nitrogen and oxygen atoms in total. The minimum atomic E-state index is -0.848. The maximum absolute atomic E-state index is 12.8. The molecule has 0 unspecified atom stereocenters. The van der Waals surface area contributed by atoms with E-state index in [1.807, 2.05) is 0 Å². The average molecular weight is 198 g/mol. The normalized spacial score (nSPS) is 11.4. The fraction of sp³-hybridized carbons (Fsp3) is 0.400. The molecule has 1 aromatic carbocycles. The summed E-state index contributed by atoms with van der Waals surface area (Å²) in [6.45, 7) is 3.64. The van der Waals surface area contributed by atoms with Gasteiger partial charge in [-0.3, -0.25) is 0 Å². The molecular formula is C10H15FN2O. The van der Waals surface area contributed by atoms with Crippen molar-refractivity contribution in [2.45, 2.75) is 19.4 Å². The molecule has 0 aliphatic rings. The molecule has 0 aliphatic carbocycles. The fourth-order valence-corrected chi connectivity index (χ4v) is 0.993. The molecule has 0 aromatic heterocycles. The first-order chi connectivity index (χ1) is 6.38. The Morgan fingerprint density at radius 3 is 2.71 bits per heavy atom. The largest absolute Gasteiger partial charge is 0.397 e. The van der Waals surface area contributed by atoms with Crippen molar-refractivity contribution in [2.24, 2.45) is 0 Å². The van der Waals surface area contributed by atoms with E-state index < -0.39 is 5.60 Å². The van der Waals surface area contributed by atoms with Crippen molar-refractivity contribution in [2.75, 3.05) is 17.6 Å². The lowest BCUT2D eigenvalue weighted by Gasteiger charge is -2.19. The number of hydrogen-bond donors (Lipinski definition) is 3. The number of rotatable bonds is 3. The number of anilines is 2. The van der Waals surface area contributed by atoms with Gasteiger partial charge in [0.05, 0.1) is 17.0 Å². The molecule has 4 heteroatoms. The number of nitrogen functional groups attached to an aromatic ring is 1. The van der Waals surface area contributed by atoms with Crippen LogP contribution in [0.4, 0.5) is 15.8 Å². The summed E-state index contributed by atoms with van der Waals surface area (Å²) in [7, 11) is 0. The summed E-state index contributed by atoms with van der Waals surface area (Å²) >= 11 is 0. The molecule has 0 heterocycles. The lowest BCUT2D eigenvalue weighted by molar-refractivity contribution is 0.0945. The van der Waals surface area contributed by atoms with Crippen LogP contribution in [0.25, 0.3) is 0 Å². The van der Waals surface area contributed by atoms with Crippen molar-refractivity contribution >= 4 is 11.4 Å². The summed E-state index contributed by atoms with van der Waals surface area (Å²) in [5.74, 6) is -0.350. The second-order valence-corrected chi connectivity index (χ2v) is 3.90. The van der Waals surface area contributed by atoms with Crippen LogP contribution < -0.4 is 11.1 Å². The summed E-state index contributed by atoms with van der Waals surface area (Å²) in [6, 6.07) is 4.09. The second kappa shape index (κ2) is 3.84. The lowest BCUT2D eigenvalue weighted by atomic mass is 10.1. The van der Waals surface area contributed by atoms with Crippen LogP contribution in [-0.2, 0) is 0 Å². The van der Waals surface area contributed by atoms with Crippen LogP contribution in [0.2, 0.25) is 0 Å². The molecular weight excluding hydrogens is 183 g/mol. The summed E-state index contributed by atoms with van der Waals surface area (Å²) in [4.78, 5) is 0. The molecule has 0 radical (unpaired) electrons. The van der Waals surface area contributed by atoms with Gasteiger partial charge in [-0.25, -0.2) is 4.39 Å². The minimum Gasteiger partial charge on any atom is -0.397 e. The first-order valence-corrected chi connectivity index (χ1v) is 4.40. The molecule has 0 amide bonds. The van der Waals surface area contributed by atoms with E-state index in [0.29, 0.717) is 17.9 Å². The van der Waals surface area contributed by atoms with Crippen LogP contribution in [0.15, 0.2) is 18.2 Å². The summed E-state index contributed by atoms with van der Waals surface area (Å²) in [6.07, 6.45) is 0. The first kappa shape index (κ1) is 10.8. The Kier molecular flexibility index (Phi) is 2.96. The quantitative estimate of drug-likeness (QED) is 0.646. The molecule has 0 atom stereocenters. The van der Waals surface area contributed by atoms with Crippen LogP contribution in [-0.4, -0.2) is 17.3 Å². The predicted molar refractivity (Wildman–Crippen MR) is 55.6 cm³/mol. The second-order valence-electron chi connectivity index (χ2n) is 3.90. The molecule has 78 valence electrons. The Hall–Kier alpha value is -1.29. The van der Waals surface area contributed by atoms with Crippen LogP contribution in [0.1, 0.15) is 13.8 Å². The van der Waals surface area contributed by atoms with Gasteiger partial charge in [0.25, 0.3) is 0 Å². The smallest absolute Gasteiger partial charge is 0.125 e. The Balaban J connectivity index is 2.72. The van der Waals surface area contributed by atoms with Crippen molar-refractivity contribution in [3.05, 3.63) is 24.0 Å². The zero-order chi connectivity index (χ0) is 10.8.